The van der Waals surface area contributed by atoms with E-state index in [2.05, 4.69) is 4.98 Å². The second-order valence-corrected chi connectivity index (χ2v) is 7.85. The number of aromatic nitrogens is 2. The number of carbonyl (C=O) groups excluding carboxylic acids is 1. The van der Waals surface area contributed by atoms with Gasteiger partial charge in [0.05, 0.1) is 24.9 Å². The van der Waals surface area contributed by atoms with Gasteiger partial charge in [0.2, 0.25) is 0 Å². The molecule has 1 aliphatic rings. The molecule has 3 aromatic rings. The highest BCUT2D eigenvalue weighted by Gasteiger charge is 2.32. The third-order valence-electron chi connectivity index (χ3n) is 4.96. The second kappa shape index (κ2) is 8.72. The molecule has 0 spiro atoms. The lowest BCUT2D eigenvalue weighted by molar-refractivity contribution is -0.160. The fraction of sp³-hybridized carbons (Fsp3) is 0.364. The zero-order valence-electron chi connectivity index (χ0n) is 17.3. The van der Waals surface area contributed by atoms with Crippen molar-refractivity contribution in [3.8, 4) is 0 Å². The number of hydrogen-bond donors (Lipinski definition) is 1. The van der Waals surface area contributed by atoms with E-state index in [1.54, 1.807) is 24.4 Å². The minimum atomic E-state index is -0.669. The van der Waals surface area contributed by atoms with Gasteiger partial charge in [0.15, 0.2) is 5.79 Å². The third-order valence-corrected chi connectivity index (χ3v) is 4.96. The molecule has 8 nitrogen and oxygen atoms in total. The van der Waals surface area contributed by atoms with Crippen LogP contribution in [0.5, 0.6) is 0 Å². The zero-order chi connectivity index (χ0) is 22.0. The number of halogens is 1. The molecule has 0 unspecified atom stereocenters. The summed E-state index contributed by atoms with van der Waals surface area (Å²) in [5.41, 5.74) is 1.86. The number of benzene rings is 1. The van der Waals surface area contributed by atoms with Gasteiger partial charge in [0.25, 0.3) is 5.91 Å². The SMILES string of the molecule is CC1(C)OC[C@H](COCN(O)C(=O)c2cc3ccn(Cc4ccc(F)cc4)c3cn2)O1. The summed E-state index contributed by atoms with van der Waals surface area (Å²) in [7, 11) is 0. The number of carbonyl (C=O) groups is 1. The van der Waals surface area contributed by atoms with Crippen LogP contribution in [0.2, 0.25) is 0 Å². The molecule has 1 atom stereocenters. The van der Waals surface area contributed by atoms with Crippen LogP contribution in [0, 0.1) is 5.82 Å². The summed E-state index contributed by atoms with van der Waals surface area (Å²) in [6.45, 7) is 4.42. The first-order valence-electron chi connectivity index (χ1n) is 9.90. The first-order chi connectivity index (χ1) is 14.8. The Morgan fingerprint density at radius 2 is 2.13 bits per heavy atom. The first-order valence-corrected chi connectivity index (χ1v) is 9.90. The number of amides is 1. The Labute approximate surface area is 178 Å². The van der Waals surface area contributed by atoms with Crippen LogP contribution in [-0.2, 0) is 20.8 Å². The van der Waals surface area contributed by atoms with Crippen molar-refractivity contribution in [1.29, 1.82) is 0 Å². The summed E-state index contributed by atoms with van der Waals surface area (Å²) in [6, 6.07) is 9.74. The number of pyridine rings is 1. The summed E-state index contributed by atoms with van der Waals surface area (Å²) >= 11 is 0. The maximum Gasteiger partial charge on any atom is 0.298 e. The molecule has 164 valence electrons. The van der Waals surface area contributed by atoms with Crippen LogP contribution in [0.4, 0.5) is 4.39 Å². The monoisotopic (exact) mass is 429 g/mol. The molecule has 1 N–H and O–H groups in total. The van der Waals surface area contributed by atoms with Gasteiger partial charge in [-0.3, -0.25) is 10.0 Å². The minimum Gasteiger partial charge on any atom is -0.356 e. The van der Waals surface area contributed by atoms with Crippen LogP contribution in [-0.4, -0.2) is 57.6 Å². The van der Waals surface area contributed by atoms with Crippen LogP contribution >= 0.6 is 0 Å². The largest absolute Gasteiger partial charge is 0.356 e. The zero-order valence-corrected chi connectivity index (χ0v) is 17.3. The van der Waals surface area contributed by atoms with Crippen molar-refractivity contribution in [2.45, 2.75) is 32.3 Å². The van der Waals surface area contributed by atoms with Crippen molar-refractivity contribution < 1.29 is 28.6 Å². The quantitative estimate of drug-likeness (QED) is 0.353. The van der Waals surface area contributed by atoms with Crippen molar-refractivity contribution >= 4 is 16.8 Å². The highest BCUT2D eigenvalue weighted by molar-refractivity contribution is 5.95. The summed E-state index contributed by atoms with van der Waals surface area (Å²) in [5.74, 6) is -1.61. The molecular formula is C22H24FN3O5. The molecule has 0 radical (unpaired) electrons. The molecule has 3 heterocycles. The predicted molar refractivity (Wildman–Crippen MR) is 109 cm³/mol. The van der Waals surface area contributed by atoms with Crippen LogP contribution in [0.3, 0.4) is 0 Å². The first kappa shape index (κ1) is 21.4. The fourth-order valence-electron chi connectivity index (χ4n) is 3.44. The number of rotatable bonds is 7. The molecule has 1 aromatic carbocycles. The van der Waals surface area contributed by atoms with Gasteiger partial charge in [-0.25, -0.2) is 9.37 Å². The van der Waals surface area contributed by atoms with Gasteiger partial charge >= 0.3 is 0 Å². The molecule has 0 bridgehead atoms. The van der Waals surface area contributed by atoms with E-state index in [1.807, 2.05) is 30.7 Å². The van der Waals surface area contributed by atoms with Crippen LogP contribution < -0.4 is 0 Å². The number of ether oxygens (including phenoxy) is 3. The Bertz CT molecular complexity index is 1070. The van der Waals surface area contributed by atoms with Crippen molar-refractivity contribution in [3.63, 3.8) is 0 Å². The topological polar surface area (TPSA) is 86.1 Å². The molecule has 1 amide bonds. The van der Waals surface area contributed by atoms with Crippen molar-refractivity contribution in [3.05, 3.63) is 65.9 Å². The Morgan fingerprint density at radius 1 is 1.35 bits per heavy atom. The van der Waals surface area contributed by atoms with E-state index in [0.29, 0.717) is 18.2 Å². The van der Waals surface area contributed by atoms with Crippen molar-refractivity contribution in [2.24, 2.45) is 0 Å². The number of hydrogen-bond acceptors (Lipinski definition) is 6. The average Bonchev–Trinajstić information content (AvgIpc) is 3.31. The second-order valence-electron chi connectivity index (χ2n) is 7.85. The number of nitrogens with zero attached hydrogens (tertiary/aromatic N) is 3. The average molecular weight is 429 g/mol. The van der Waals surface area contributed by atoms with Crippen LogP contribution in [0.1, 0.15) is 29.9 Å². The van der Waals surface area contributed by atoms with Crippen LogP contribution in [0.25, 0.3) is 10.9 Å². The molecule has 0 saturated carbocycles. The van der Waals surface area contributed by atoms with Gasteiger partial charge in [0, 0.05) is 18.1 Å². The lowest BCUT2D eigenvalue weighted by atomic mass is 10.2. The maximum atomic E-state index is 13.1. The molecule has 1 fully saturated rings. The van der Waals surface area contributed by atoms with E-state index in [1.165, 1.54) is 12.1 Å². The predicted octanol–water partition coefficient (Wildman–Crippen LogP) is 3.18. The Hall–Kier alpha value is -2.85. The van der Waals surface area contributed by atoms with Crippen molar-refractivity contribution in [1.82, 2.24) is 14.6 Å². The summed E-state index contributed by atoms with van der Waals surface area (Å²) in [6.07, 6.45) is 3.19. The van der Waals surface area contributed by atoms with E-state index < -0.39 is 11.7 Å². The molecule has 0 aliphatic carbocycles. The summed E-state index contributed by atoms with van der Waals surface area (Å²) < 4.78 is 31.5. The Balaban J connectivity index is 1.36. The van der Waals surface area contributed by atoms with Gasteiger partial charge < -0.3 is 18.8 Å². The van der Waals surface area contributed by atoms with Gasteiger partial charge in [-0.2, -0.15) is 5.06 Å². The third kappa shape index (κ3) is 5.08. The van der Waals surface area contributed by atoms with E-state index in [-0.39, 0.29) is 31.0 Å². The molecule has 1 aliphatic heterocycles. The highest BCUT2D eigenvalue weighted by atomic mass is 19.1. The Morgan fingerprint density at radius 3 is 2.84 bits per heavy atom. The molecule has 2 aromatic heterocycles. The van der Waals surface area contributed by atoms with E-state index in [0.717, 1.165) is 16.5 Å². The van der Waals surface area contributed by atoms with E-state index in [4.69, 9.17) is 14.2 Å². The highest BCUT2D eigenvalue weighted by Crippen LogP contribution is 2.22. The lowest BCUT2D eigenvalue weighted by Gasteiger charge is -2.18. The molecule has 1 saturated heterocycles. The van der Waals surface area contributed by atoms with E-state index >= 15 is 0 Å². The molecular weight excluding hydrogens is 405 g/mol. The number of hydroxylamine groups is 2. The van der Waals surface area contributed by atoms with Crippen molar-refractivity contribution in [2.75, 3.05) is 19.9 Å². The maximum absolute atomic E-state index is 13.1. The smallest absolute Gasteiger partial charge is 0.298 e. The van der Waals surface area contributed by atoms with Gasteiger partial charge in [-0.05, 0) is 43.7 Å². The van der Waals surface area contributed by atoms with Gasteiger partial charge in [-0.1, -0.05) is 12.1 Å². The standard InChI is InChI=1S/C22H24FN3O5/c1-22(2)30-13-18(31-22)12-29-14-26(28)21(27)19-9-16-7-8-25(20(16)10-24-19)11-15-3-5-17(23)6-4-15/h3-10,18,28H,11-14H2,1-2H3/t18-/m0/s1. The fourth-order valence-corrected chi connectivity index (χ4v) is 3.44. The summed E-state index contributed by atoms with van der Waals surface area (Å²) in [5, 5.41) is 11.3. The number of fused-ring (bicyclic) bond motifs is 1. The molecule has 4 rings (SSSR count). The van der Waals surface area contributed by atoms with Gasteiger partial charge in [0.1, 0.15) is 24.3 Å². The Kier molecular flexibility index (Phi) is 6.01. The lowest BCUT2D eigenvalue weighted by Crippen LogP contribution is -2.32. The molecule has 31 heavy (non-hydrogen) atoms. The summed E-state index contributed by atoms with van der Waals surface area (Å²) in [4.78, 5) is 16.7. The minimum absolute atomic E-state index is 0.0970. The molecule has 9 heteroatoms. The normalized spacial score (nSPS) is 17.9. The van der Waals surface area contributed by atoms with E-state index in [9.17, 15) is 14.4 Å². The van der Waals surface area contributed by atoms with Gasteiger partial charge in [-0.15, -0.1) is 0 Å². The van der Waals surface area contributed by atoms with Crippen LogP contribution in [0.15, 0.2) is 48.8 Å².